The second kappa shape index (κ2) is 7.25. The molecule has 2 N–H and O–H groups in total. The number of nitrogens with zero attached hydrogens (tertiary/aromatic N) is 2. The Morgan fingerprint density at radius 3 is 2.74 bits per heavy atom. The lowest BCUT2D eigenvalue weighted by Crippen LogP contribution is -2.28. The summed E-state index contributed by atoms with van der Waals surface area (Å²) in [5, 5.41) is 5.86. The minimum Gasteiger partial charge on any atom is -0.351 e. The Labute approximate surface area is 137 Å². The van der Waals surface area contributed by atoms with E-state index in [2.05, 4.69) is 34.4 Å². The fourth-order valence-electron chi connectivity index (χ4n) is 2.41. The summed E-state index contributed by atoms with van der Waals surface area (Å²) in [6.07, 6.45) is 1.44. The number of sulfone groups is 1. The number of hydrogen-bond acceptors (Lipinski definition) is 6. The Bertz CT molecular complexity index is 673. The number of hydrogen-bond donors (Lipinski definition) is 2. The lowest BCUT2D eigenvalue weighted by molar-refractivity contribution is 0.0947. The fourth-order valence-corrected chi connectivity index (χ4v) is 4.08. The summed E-state index contributed by atoms with van der Waals surface area (Å²) in [6.45, 7) is 6.57. The summed E-state index contributed by atoms with van der Waals surface area (Å²) in [6, 6.07) is 1.43. The van der Waals surface area contributed by atoms with E-state index in [1.54, 1.807) is 13.0 Å². The Hall–Kier alpha value is -1.70. The minimum atomic E-state index is -2.97. The van der Waals surface area contributed by atoms with E-state index in [1.165, 1.54) is 0 Å². The van der Waals surface area contributed by atoms with Crippen molar-refractivity contribution in [3.05, 3.63) is 17.5 Å². The molecule has 1 aromatic rings. The molecule has 23 heavy (non-hydrogen) atoms. The lowest BCUT2D eigenvalue weighted by Gasteiger charge is -2.12. The minimum absolute atomic E-state index is 0.0836. The van der Waals surface area contributed by atoms with Crippen molar-refractivity contribution >= 4 is 21.7 Å². The van der Waals surface area contributed by atoms with Crippen LogP contribution in [0, 0.1) is 12.8 Å². The summed E-state index contributed by atoms with van der Waals surface area (Å²) in [4.78, 5) is 20.6. The number of aromatic nitrogens is 2. The molecule has 1 atom stereocenters. The van der Waals surface area contributed by atoms with Crippen LogP contribution in [0.4, 0.5) is 5.95 Å². The third-order valence-electron chi connectivity index (χ3n) is 3.66. The number of carbonyl (C=O) groups excluding carboxylic acids is 1. The zero-order valence-corrected chi connectivity index (χ0v) is 14.6. The van der Waals surface area contributed by atoms with Crippen molar-refractivity contribution in [2.75, 3.05) is 23.4 Å². The first-order chi connectivity index (χ1) is 10.7. The van der Waals surface area contributed by atoms with Gasteiger partial charge in [0.15, 0.2) is 9.84 Å². The molecule has 0 saturated carbocycles. The van der Waals surface area contributed by atoms with Gasteiger partial charge in [0.1, 0.15) is 5.69 Å². The quantitative estimate of drug-likeness (QED) is 0.806. The molecule has 0 radical (unpaired) electrons. The lowest BCUT2D eigenvalue weighted by atomic mass is 10.1. The van der Waals surface area contributed by atoms with Gasteiger partial charge in [0, 0.05) is 18.3 Å². The van der Waals surface area contributed by atoms with E-state index >= 15 is 0 Å². The monoisotopic (exact) mass is 340 g/mol. The van der Waals surface area contributed by atoms with Gasteiger partial charge in [0.2, 0.25) is 5.95 Å². The molecular weight excluding hydrogens is 316 g/mol. The van der Waals surface area contributed by atoms with Gasteiger partial charge >= 0.3 is 0 Å². The molecule has 1 unspecified atom stereocenters. The number of carbonyl (C=O) groups is 1. The SMILES string of the molecule is Cc1cc(C(=O)NCCC(C)C)nc(NC2CCS(=O)(=O)C2)n1. The molecule has 7 nitrogen and oxygen atoms in total. The van der Waals surface area contributed by atoms with Crippen LogP contribution in [0.3, 0.4) is 0 Å². The molecule has 8 heteroatoms. The molecule has 0 bridgehead atoms. The molecule has 128 valence electrons. The third kappa shape index (κ3) is 5.46. The van der Waals surface area contributed by atoms with Crippen molar-refractivity contribution in [2.24, 2.45) is 5.92 Å². The van der Waals surface area contributed by atoms with Crippen molar-refractivity contribution in [2.45, 2.75) is 39.7 Å². The van der Waals surface area contributed by atoms with Gasteiger partial charge in [-0.3, -0.25) is 4.79 Å². The van der Waals surface area contributed by atoms with Crippen molar-refractivity contribution in [1.82, 2.24) is 15.3 Å². The number of nitrogens with one attached hydrogen (secondary N) is 2. The molecule has 1 fully saturated rings. The molecule has 1 aliphatic heterocycles. The van der Waals surface area contributed by atoms with E-state index in [0.29, 0.717) is 36.2 Å². The van der Waals surface area contributed by atoms with E-state index in [9.17, 15) is 13.2 Å². The van der Waals surface area contributed by atoms with Gasteiger partial charge in [0.25, 0.3) is 5.91 Å². The first-order valence-corrected chi connectivity index (χ1v) is 9.68. The van der Waals surface area contributed by atoms with Crippen molar-refractivity contribution in [3.63, 3.8) is 0 Å². The van der Waals surface area contributed by atoms with Gasteiger partial charge in [-0.25, -0.2) is 18.4 Å². The Morgan fingerprint density at radius 2 is 2.13 bits per heavy atom. The van der Waals surface area contributed by atoms with Crippen LogP contribution in [0.2, 0.25) is 0 Å². The smallest absolute Gasteiger partial charge is 0.270 e. The molecule has 2 rings (SSSR count). The van der Waals surface area contributed by atoms with Crippen LogP contribution < -0.4 is 10.6 Å². The number of anilines is 1. The molecule has 0 spiro atoms. The van der Waals surface area contributed by atoms with E-state index in [4.69, 9.17) is 0 Å². The summed E-state index contributed by atoms with van der Waals surface area (Å²) in [5.41, 5.74) is 0.960. The van der Waals surface area contributed by atoms with Crippen LogP contribution in [0.1, 0.15) is 42.9 Å². The van der Waals surface area contributed by atoms with Gasteiger partial charge in [0.05, 0.1) is 11.5 Å². The Balaban J connectivity index is 2.02. The molecule has 2 heterocycles. The summed E-state index contributed by atoms with van der Waals surface area (Å²) in [7, 11) is -2.97. The van der Waals surface area contributed by atoms with Gasteiger partial charge < -0.3 is 10.6 Å². The molecule has 1 amide bonds. The van der Waals surface area contributed by atoms with E-state index in [-0.39, 0.29) is 23.5 Å². The average molecular weight is 340 g/mol. The third-order valence-corrected chi connectivity index (χ3v) is 5.43. The summed E-state index contributed by atoms with van der Waals surface area (Å²) >= 11 is 0. The number of aryl methyl sites for hydroxylation is 1. The van der Waals surface area contributed by atoms with Gasteiger partial charge in [-0.05, 0) is 31.7 Å². The average Bonchev–Trinajstić information content (AvgIpc) is 2.76. The van der Waals surface area contributed by atoms with Crippen molar-refractivity contribution in [3.8, 4) is 0 Å². The normalized spacial score (nSPS) is 19.7. The van der Waals surface area contributed by atoms with Crippen LogP contribution in [-0.2, 0) is 9.84 Å². The second-order valence-electron chi connectivity index (χ2n) is 6.40. The first kappa shape index (κ1) is 17.7. The summed E-state index contributed by atoms with van der Waals surface area (Å²) in [5.74, 6) is 0.850. The fraction of sp³-hybridized carbons (Fsp3) is 0.667. The molecule has 0 aromatic carbocycles. The van der Waals surface area contributed by atoms with E-state index in [0.717, 1.165) is 6.42 Å². The van der Waals surface area contributed by atoms with Gasteiger partial charge in [-0.1, -0.05) is 13.8 Å². The largest absolute Gasteiger partial charge is 0.351 e. The molecular formula is C15H24N4O3S. The van der Waals surface area contributed by atoms with Crippen molar-refractivity contribution < 1.29 is 13.2 Å². The van der Waals surface area contributed by atoms with Crippen molar-refractivity contribution in [1.29, 1.82) is 0 Å². The Morgan fingerprint density at radius 1 is 1.39 bits per heavy atom. The predicted octanol–water partition coefficient (Wildman–Crippen LogP) is 1.16. The first-order valence-electron chi connectivity index (χ1n) is 7.86. The maximum Gasteiger partial charge on any atom is 0.270 e. The number of rotatable bonds is 6. The van der Waals surface area contributed by atoms with Gasteiger partial charge in [-0.15, -0.1) is 0 Å². The molecule has 1 aliphatic rings. The van der Waals surface area contributed by atoms with E-state index in [1.807, 2.05) is 0 Å². The topological polar surface area (TPSA) is 101 Å². The zero-order chi connectivity index (χ0) is 17.0. The molecule has 0 aliphatic carbocycles. The Kier molecular flexibility index (Phi) is 5.56. The maximum absolute atomic E-state index is 12.1. The van der Waals surface area contributed by atoms with Crippen LogP contribution in [0.15, 0.2) is 6.07 Å². The standard InChI is InChI=1S/C15H24N4O3S/c1-10(2)4-6-16-14(20)13-8-11(3)17-15(19-13)18-12-5-7-23(21,22)9-12/h8,10,12H,4-7,9H2,1-3H3,(H,16,20)(H,17,18,19). The highest BCUT2D eigenvalue weighted by Gasteiger charge is 2.28. The van der Waals surface area contributed by atoms with Crippen LogP contribution in [-0.4, -0.2) is 48.4 Å². The zero-order valence-electron chi connectivity index (χ0n) is 13.8. The van der Waals surface area contributed by atoms with E-state index < -0.39 is 9.84 Å². The maximum atomic E-state index is 12.1. The highest BCUT2D eigenvalue weighted by molar-refractivity contribution is 7.91. The van der Waals surface area contributed by atoms with Crippen LogP contribution in [0.25, 0.3) is 0 Å². The highest BCUT2D eigenvalue weighted by atomic mass is 32.2. The second-order valence-corrected chi connectivity index (χ2v) is 8.63. The highest BCUT2D eigenvalue weighted by Crippen LogP contribution is 2.16. The molecule has 1 aromatic heterocycles. The molecule has 1 saturated heterocycles. The van der Waals surface area contributed by atoms with Gasteiger partial charge in [-0.2, -0.15) is 0 Å². The number of amides is 1. The predicted molar refractivity (Wildman–Crippen MR) is 89.2 cm³/mol. The van der Waals surface area contributed by atoms with Crippen LogP contribution in [0.5, 0.6) is 0 Å². The van der Waals surface area contributed by atoms with Crippen LogP contribution >= 0.6 is 0 Å². The summed E-state index contributed by atoms with van der Waals surface area (Å²) < 4.78 is 23.0.